The second-order valence-corrected chi connectivity index (χ2v) is 15.0. The van der Waals surface area contributed by atoms with E-state index in [0.717, 1.165) is 36.9 Å². The van der Waals surface area contributed by atoms with Gasteiger partial charge in [-0.25, -0.2) is 0 Å². The number of amides is 1. The second-order valence-electron chi connectivity index (χ2n) is 11.0. The fourth-order valence-electron chi connectivity index (χ4n) is 6.22. The van der Waals surface area contributed by atoms with E-state index in [1.807, 2.05) is 37.4 Å². The Kier molecular flexibility index (Phi) is 8.58. The summed E-state index contributed by atoms with van der Waals surface area (Å²) in [5, 5.41) is 9.63. The van der Waals surface area contributed by atoms with Crippen LogP contribution < -0.4 is 10.3 Å². The highest BCUT2D eigenvalue weighted by molar-refractivity contribution is 6.71. The zero-order valence-corrected chi connectivity index (χ0v) is 23.3. The average Bonchev–Trinajstić information content (AvgIpc) is 3.47. The van der Waals surface area contributed by atoms with Gasteiger partial charge in [0.15, 0.2) is 14.1 Å². The molecular weight excluding hydrogens is 488 g/mol. The topological polar surface area (TPSA) is 101 Å². The van der Waals surface area contributed by atoms with E-state index in [-0.39, 0.29) is 54.2 Å². The molecule has 1 amide bonds. The molecule has 0 aliphatic carbocycles. The molecule has 1 aromatic heterocycles. The molecular formula is C28H40N2O6Si. The minimum absolute atomic E-state index is 0.00872. The van der Waals surface area contributed by atoms with Crippen molar-refractivity contribution in [3.8, 4) is 11.4 Å². The number of aliphatic hydroxyl groups is 1. The molecule has 0 radical (unpaired) electrons. The van der Waals surface area contributed by atoms with Crippen LogP contribution in [0.3, 0.4) is 0 Å². The van der Waals surface area contributed by atoms with Crippen molar-refractivity contribution in [3.05, 3.63) is 58.5 Å². The molecule has 2 aliphatic rings. The molecule has 2 N–H and O–H groups in total. The number of methoxy groups -OCH3 is 1. The molecule has 2 saturated heterocycles. The summed E-state index contributed by atoms with van der Waals surface area (Å²) in [7, 11) is -1.09. The van der Waals surface area contributed by atoms with Crippen molar-refractivity contribution in [1.29, 1.82) is 0 Å². The lowest BCUT2D eigenvalue weighted by Gasteiger charge is -2.31. The smallest absolute Gasteiger partial charge is 0.297 e. The van der Waals surface area contributed by atoms with Gasteiger partial charge >= 0.3 is 0 Å². The molecule has 202 valence electrons. The zero-order chi connectivity index (χ0) is 26.7. The van der Waals surface area contributed by atoms with Gasteiger partial charge in [-0.05, 0) is 74.5 Å². The van der Waals surface area contributed by atoms with Crippen LogP contribution in [0.1, 0.15) is 38.2 Å². The third-order valence-corrected chi connectivity index (χ3v) is 10.6. The molecule has 1 aromatic carbocycles. The van der Waals surface area contributed by atoms with E-state index in [2.05, 4.69) is 6.92 Å². The molecule has 3 heterocycles. The van der Waals surface area contributed by atoms with Gasteiger partial charge in [-0.1, -0.05) is 19.1 Å². The number of benzene rings is 1. The third-order valence-electron chi connectivity index (χ3n) is 8.07. The van der Waals surface area contributed by atoms with Gasteiger partial charge in [0.2, 0.25) is 5.91 Å². The Labute approximate surface area is 220 Å². The molecule has 2 fully saturated rings. The van der Waals surface area contributed by atoms with Crippen LogP contribution in [-0.2, 0) is 16.0 Å². The summed E-state index contributed by atoms with van der Waals surface area (Å²) in [6.45, 7) is 6.67. The van der Waals surface area contributed by atoms with Crippen LogP contribution in [0, 0.1) is 5.92 Å². The van der Waals surface area contributed by atoms with E-state index < -0.39 is 8.32 Å². The maximum absolute atomic E-state index is 13.1. The first-order valence-electron chi connectivity index (χ1n) is 13.3. The molecule has 5 atom stereocenters. The van der Waals surface area contributed by atoms with Crippen molar-refractivity contribution in [2.24, 2.45) is 5.92 Å². The highest BCUT2D eigenvalue weighted by Gasteiger charge is 2.50. The Balaban J connectivity index is 1.42. The van der Waals surface area contributed by atoms with Gasteiger partial charge in [0.1, 0.15) is 0 Å². The molecule has 0 unspecified atom stereocenters. The highest BCUT2D eigenvalue weighted by atomic mass is 28.4. The predicted molar refractivity (Wildman–Crippen MR) is 145 cm³/mol. The van der Waals surface area contributed by atoms with Crippen molar-refractivity contribution in [1.82, 2.24) is 9.47 Å². The summed E-state index contributed by atoms with van der Waals surface area (Å²) in [6, 6.07) is 11.2. The van der Waals surface area contributed by atoms with Crippen LogP contribution >= 0.6 is 0 Å². The summed E-state index contributed by atoms with van der Waals surface area (Å²) in [4.78, 5) is 38.5. The SMILES string of the molecule is COc1cccn(-c2ccc(CC[C@H]3O[C@@H](CC(=O)N4CCC[C@H]4CO)[C@H]([Si](C)(C)O)[C@H]3C)cc2)c1=O. The van der Waals surface area contributed by atoms with Crippen LogP contribution in [0.5, 0.6) is 5.75 Å². The summed E-state index contributed by atoms with van der Waals surface area (Å²) < 4.78 is 13.2. The van der Waals surface area contributed by atoms with Crippen molar-refractivity contribution in [2.75, 3.05) is 20.3 Å². The lowest BCUT2D eigenvalue weighted by atomic mass is 9.95. The number of hydrogen-bond acceptors (Lipinski definition) is 6. The monoisotopic (exact) mass is 528 g/mol. The number of hydrogen-bond donors (Lipinski definition) is 2. The van der Waals surface area contributed by atoms with E-state index in [1.165, 1.54) is 7.11 Å². The Morgan fingerprint density at radius 1 is 1.19 bits per heavy atom. The number of nitrogens with zero attached hydrogens (tertiary/aromatic N) is 2. The highest BCUT2D eigenvalue weighted by Crippen LogP contribution is 2.45. The lowest BCUT2D eigenvalue weighted by Crippen LogP contribution is -2.43. The quantitative estimate of drug-likeness (QED) is 0.485. The van der Waals surface area contributed by atoms with Gasteiger partial charge in [-0.15, -0.1) is 0 Å². The van der Waals surface area contributed by atoms with E-state index in [4.69, 9.17) is 9.47 Å². The number of aryl methyl sites for hydroxylation is 1. The van der Waals surface area contributed by atoms with Crippen LogP contribution in [0.15, 0.2) is 47.4 Å². The number of carbonyl (C=O) groups is 1. The van der Waals surface area contributed by atoms with E-state index in [9.17, 15) is 19.5 Å². The Morgan fingerprint density at radius 3 is 2.57 bits per heavy atom. The van der Waals surface area contributed by atoms with E-state index in [1.54, 1.807) is 27.8 Å². The van der Waals surface area contributed by atoms with Crippen LogP contribution in [0.4, 0.5) is 0 Å². The molecule has 2 aliphatic heterocycles. The number of ether oxygens (including phenoxy) is 2. The average molecular weight is 529 g/mol. The maximum atomic E-state index is 13.1. The summed E-state index contributed by atoms with van der Waals surface area (Å²) in [6.07, 6.45) is 4.95. The molecule has 0 spiro atoms. The number of rotatable bonds is 9. The zero-order valence-electron chi connectivity index (χ0n) is 22.3. The molecule has 37 heavy (non-hydrogen) atoms. The van der Waals surface area contributed by atoms with Crippen LogP contribution in [0.25, 0.3) is 5.69 Å². The van der Waals surface area contributed by atoms with Gasteiger partial charge in [-0.2, -0.15) is 0 Å². The van der Waals surface area contributed by atoms with E-state index >= 15 is 0 Å². The van der Waals surface area contributed by atoms with E-state index in [0.29, 0.717) is 12.3 Å². The fraction of sp³-hybridized carbons (Fsp3) is 0.571. The standard InChI is InChI=1S/C28H40N2O6Si/c1-19-23(14-11-20-9-12-21(13-10-20)30-16-6-8-24(35-2)28(30)33)36-25(27(19)37(3,4)34)17-26(32)29-15-5-7-22(29)18-31/h6,8-10,12-13,16,19,22-23,25,27,31,34H,5,7,11,14-15,17-18H2,1-4H3/t19-,22-,23+,25-,27+/m0/s1. The number of carbonyl (C=O) groups excluding carboxylic acids is 1. The van der Waals surface area contributed by atoms with Gasteiger partial charge in [0.25, 0.3) is 5.56 Å². The summed E-state index contributed by atoms with van der Waals surface area (Å²) in [5.74, 6) is 0.459. The molecule has 0 saturated carbocycles. The number of aliphatic hydroxyl groups excluding tert-OH is 1. The van der Waals surface area contributed by atoms with Crippen LogP contribution in [-0.4, -0.2) is 72.1 Å². The first kappa shape index (κ1) is 27.6. The normalized spacial score (nSPS) is 26.0. The lowest BCUT2D eigenvalue weighted by molar-refractivity contribution is -0.135. The summed E-state index contributed by atoms with van der Waals surface area (Å²) in [5.41, 5.74) is 1.68. The number of pyridine rings is 1. The Bertz CT molecular complexity index is 1130. The minimum atomic E-state index is -2.58. The van der Waals surface area contributed by atoms with Crippen molar-refractivity contribution in [3.63, 3.8) is 0 Å². The van der Waals surface area contributed by atoms with Crippen molar-refractivity contribution >= 4 is 14.2 Å². The second kappa shape index (κ2) is 11.5. The maximum Gasteiger partial charge on any atom is 0.297 e. The Morgan fingerprint density at radius 2 is 1.92 bits per heavy atom. The first-order valence-corrected chi connectivity index (χ1v) is 16.3. The molecule has 4 rings (SSSR count). The number of aromatic nitrogens is 1. The van der Waals surface area contributed by atoms with Crippen molar-refractivity contribution in [2.45, 2.75) is 75.9 Å². The minimum Gasteiger partial charge on any atom is -0.491 e. The van der Waals surface area contributed by atoms with Gasteiger partial charge in [0, 0.05) is 24.0 Å². The molecule has 8 nitrogen and oxygen atoms in total. The van der Waals surface area contributed by atoms with Gasteiger partial charge in [-0.3, -0.25) is 14.2 Å². The number of likely N-dealkylation sites (tertiary alicyclic amines) is 1. The molecule has 2 aromatic rings. The van der Waals surface area contributed by atoms with Gasteiger partial charge < -0.3 is 24.3 Å². The predicted octanol–water partition coefficient (Wildman–Crippen LogP) is 3.12. The molecule has 0 bridgehead atoms. The molecule has 9 heteroatoms. The third kappa shape index (κ3) is 6.00. The first-order chi connectivity index (χ1) is 17.6. The fourth-order valence-corrected chi connectivity index (χ4v) is 8.82. The van der Waals surface area contributed by atoms with Gasteiger partial charge in [0.05, 0.1) is 38.4 Å². The summed E-state index contributed by atoms with van der Waals surface area (Å²) >= 11 is 0. The largest absolute Gasteiger partial charge is 0.491 e. The Hall–Kier alpha value is -2.46. The van der Waals surface area contributed by atoms with Crippen LogP contribution in [0.2, 0.25) is 18.6 Å². The van der Waals surface area contributed by atoms with Crippen molar-refractivity contribution < 1.29 is 24.2 Å².